The van der Waals surface area contributed by atoms with Gasteiger partial charge in [0.1, 0.15) is 12.4 Å². The lowest BCUT2D eigenvalue weighted by atomic mass is 9.95. The quantitative estimate of drug-likeness (QED) is 0.0702. The highest BCUT2D eigenvalue weighted by Crippen LogP contribution is 2.36. The number of nitrogens with zero attached hydrogens (tertiary/aromatic N) is 2. The Labute approximate surface area is 320 Å². The number of methoxy groups -OCH3 is 1. The standard InChI is InChI=1S/C40H61N7O7/c1-28(48)32(43-6)17-12-13-22-44-38(51)53-25-23-47(42)37-30-15-9-8-14-29(30)26-46(33-18-11-10-16-31(33)36(37)41)35(50)20-19-34(49)45-27-40(4,5)54-24-21-39(2,3)52-7/h8-11,14-16,18,32,43H,12-13,17,19-27,41-42H2,1-7H3,(H,44,51)(H,45,49)/b37-36-. The summed E-state index contributed by atoms with van der Waals surface area (Å²) >= 11 is 0. The minimum Gasteiger partial charge on any atom is -0.448 e. The monoisotopic (exact) mass is 751 g/mol. The fourth-order valence-electron chi connectivity index (χ4n) is 5.98. The Morgan fingerprint density at radius 1 is 0.926 bits per heavy atom. The van der Waals surface area contributed by atoms with Crippen LogP contribution in [0.5, 0.6) is 0 Å². The first-order chi connectivity index (χ1) is 25.6. The summed E-state index contributed by atoms with van der Waals surface area (Å²) in [4.78, 5) is 52.4. The van der Waals surface area contributed by atoms with Crippen LogP contribution in [-0.4, -0.2) is 92.9 Å². The Balaban J connectivity index is 1.65. The van der Waals surface area contributed by atoms with Gasteiger partial charge in [-0.2, -0.15) is 0 Å². The summed E-state index contributed by atoms with van der Waals surface area (Å²) in [6, 6.07) is 14.7. The summed E-state index contributed by atoms with van der Waals surface area (Å²) in [6.45, 7) is 10.9. The fourth-order valence-corrected chi connectivity index (χ4v) is 5.98. The van der Waals surface area contributed by atoms with Crippen LogP contribution < -0.4 is 32.4 Å². The number of benzene rings is 2. The van der Waals surface area contributed by atoms with Crippen LogP contribution >= 0.6 is 0 Å². The molecule has 7 N–H and O–H groups in total. The van der Waals surface area contributed by atoms with Crippen molar-refractivity contribution in [3.05, 3.63) is 65.2 Å². The van der Waals surface area contributed by atoms with Gasteiger partial charge in [-0.1, -0.05) is 42.5 Å². The molecule has 3 amide bonds. The van der Waals surface area contributed by atoms with Gasteiger partial charge in [-0.05, 0) is 79.0 Å². The van der Waals surface area contributed by atoms with E-state index in [9.17, 15) is 19.2 Å². The van der Waals surface area contributed by atoms with Crippen LogP contribution in [0, 0.1) is 0 Å². The zero-order chi connectivity index (χ0) is 39.9. The summed E-state index contributed by atoms with van der Waals surface area (Å²) < 4.78 is 16.9. The fraction of sp³-hybridized carbons (Fsp3) is 0.550. The van der Waals surface area contributed by atoms with E-state index >= 15 is 0 Å². The van der Waals surface area contributed by atoms with Crippen molar-refractivity contribution >= 4 is 40.8 Å². The minimum atomic E-state index is -0.596. The second-order valence-electron chi connectivity index (χ2n) is 14.7. The van der Waals surface area contributed by atoms with Crippen LogP contribution in [0.2, 0.25) is 0 Å². The maximum Gasteiger partial charge on any atom is 0.407 e. The van der Waals surface area contributed by atoms with Crippen molar-refractivity contribution in [3.8, 4) is 0 Å². The number of carbonyl (C=O) groups is 4. The lowest BCUT2D eigenvalue weighted by Gasteiger charge is -2.33. The molecule has 14 nitrogen and oxygen atoms in total. The molecule has 0 aliphatic carbocycles. The molecule has 3 rings (SSSR count). The Hall–Kier alpha value is -4.50. The predicted molar refractivity (Wildman–Crippen MR) is 211 cm³/mol. The van der Waals surface area contributed by atoms with Crippen LogP contribution in [0.3, 0.4) is 0 Å². The highest BCUT2D eigenvalue weighted by molar-refractivity contribution is 6.01. The van der Waals surface area contributed by atoms with Crippen LogP contribution in [0.4, 0.5) is 10.5 Å². The van der Waals surface area contributed by atoms with Gasteiger partial charge in [-0.15, -0.1) is 0 Å². The number of alkyl carbamates (subject to hydrolysis) is 1. The van der Waals surface area contributed by atoms with Crippen molar-refractivity contribution in [1.82, 2.24) is 21.0 Å². The number of hydrogen-bond donors (Lipinski definition) is 5. The van der Waals surface area contributed by atoms with Gasteiger partial charge in [0.05, 0.1) is 54.0 Å². The number of para-hydroxylation sites is 1. The number of Topliss-reactive ketones (excluding diaryl/α,β-unsaturated/α-hetero) is 1. The number of rotatable bonds is 21. The lowest BCUT2D eigenvalue weighted by molar-refractivity contribution is -0.126. The summed E-state index contributed by atoms with van der Waals surface area (Å²) in [5.74, 6) is 6.23. The number of hydrogen-bond acceptors (Lipinski definition) is 11. The molecule has 0 bridgehead atoms. The number of anilines is 1. The molecule has 1 aliphatic rings. The third-order valence-corrected chi connectivity index (χ3v) is 9.55. The SMILES string of the molecule is CNC(CCCCNC(=O)OCCN(N)/C1=C(\N)c2ccccc2N(C(=O)CCC(=O)NCC(C)(C)OCCC(C)(C)OC)Cc2ccccc21)C(C)=O. The van der Waals surface area contributed by atoms with Crippen molar-refractivity contribution < 1.29 is 33.4 Å². The molecule has 14 heteroatoms. The first kappa shape index (κ1) is 43.9. The van der Waals surface area contributed by atoms with Gasteiger partial charge in [0.25, 0.3) is 0 Å². The van der Waals surface area contributed by atoms with Crippen molar-refractivity contribution in [2.45, 2.75) is 96.9 Å². The molecule has 54 heavy (non-hydrogen) atoms. The molecule has 1 heterocycles. The maximum absolute atomic E-state index is 13.9. The van der Waals surface area contributed by atoms with Crippen molar-refractivity contribution in [3.63, 3.8) is 0 Å². The number of nitrogens with one attached hydrogen (secondary N) is 3. The Morgan fingerprint density at radius 2 is 1.61 bits per heavy atom. The van der Waals surface area contributed by atoms with Gasteiger partial charge in [0, 0.05) is 44.2 Å². The molecule has 2 aromatic rings. The van der Waals surface area contributed by atoms with Gasteiger partial charge >= 0.3 is 6.09 Å². The van der Waals surface area contributed by atoms with E-state index in [1.165, 1.54) is 5.01 Å². The molecule has 0 radical (unpaired) electrons. The first-order valence-corrected chi connectivity index (χ1v) is 18.6. The third-order valence-electron chi connectivity index (χ3n) is 9.55. The summed E-state index contributed by atoms with van der Waals surface area (Å²) in [6.07, 6.45) is 2.31. The van der Waals surface area contributed by atoms with Crippen LogP contribution in [-0.2, 0) is 35.1 Å². The number of ketones is 1. The van der Waals surface area contributed by atoms with E-state index in [0.717, 1.165) is 17.5 Å². The van der Waals surface area contributed by atoms with Crippen LogP contribution in [0.15, 0.2) is 48.5 Å². The second-order valence-corrected chi connectivity index (χ2v) is 14.7. The van der Waals surface area contributed by atoms with Crippen molar-refractivity contribution in [2.24, 2.45) is 11.6 Å². The molecule has 0 spiro atoms. The first-order valence-electron chi connectivity index (χ1n) is 18.6. The lowest BCUT2D eigenvalue weighted by Crippen LogP contribution is -2.42. The summed E-state index contributed by atoms with van der Waals surface area (Å²) in [5.41, 5.74) is 9.59. The van der Waals surface area contributed by atoms with E-state index in [1.54, 1.807) is 26.0 Å². The molecule has 0 fully saturated rings. The largest absolute Gasteiger partial charge is 0.448 e. The molecule has 0 saturated carbocycles. The van der Waals surface area contributed by atoms with Crippen LogP contribution in [0.25, 0.3) is 11.4 Å². The molecular weight excluding hydrogens is 690 g/mol. The Bertz CT molecular complexity index is 1610. The third kappa shape index (κ3) is 13.4. The van der Waals surface area contributed by atoms with Crippen molar-refractivity contribution in [1.29, 1.82) is 0 Å². The predicted octanol–water partition coefficient (Wildman–Crippen LogP) is 4.07. The molecule has 1 unspecified atom stereocenters. The molecule has 1 aliphatic heterocycles. The average Bonchev–Trinajstić information content (AvgIpc) is 3.13. The van der Waals surface area contributed by atoms with E-state index in [0.29, 0.717) is 61.6 Å². The van der Waals surface area contributed by atoms with Gasteiger partial charge in [-0.3, -0.25) is 14.4 Å². The molecule has 298 valence electrons. The number of amides is 3. The van der Waals surface area contributed by atoms with E-state index in [4.69, 9.17) is 25.8 Å². The molecule has 0 aromatic heterocycles. The van der Waals surface area contributed by atoms with E-state index in [-0.39, 0.29) is 61.8 Å². The topological polar surface area (TPSA) is 191 Å². The smallest absolute Gasteiger partial charge is 0.407 e. The summed E-state index contributed by atoms with van der Waals surface area (Å²) in [7, 11) is 3.43. The second kappa shape index (κ2) is 20.8. The number of carbonyl (C=O) groups excluding carboxylic acids is 4. The maximum atomic E-state index is 13.9. The molecule has 2 aromatic carbocycles. The average molecular weight is 752 g/mol. The normalized spacial score (nSPS) is 14.9. The van der Waals surface area contributed by atoms with Gasteiger partial charge in [0.15, 0.2) is 0 Å². The van der Waals surface area contributed by atoms with Gasteiger partial charge in [0.2, 0.25) is 11.8 Å². The highest BCUT2D eigenvalue weighted by atomic mass is 16.5. The van der Waals surface area contributed by atoms with Crippen molar-refractivity contribution in [2.75, 3.05) is 51.9 Å². The zero-order valence-electron chi connectivity index (χ0n) is 33.1. The number of nitrogens with two attached hydrogens (primary N) is 2. The minimum absolute atomic E-state index is 0.00291. The molecule has 1 atom stereocenters. The molecular formula is C40H61N7O7. The number of hydrazine groups is 1. The number of ether oxygens (including phenoxy) is 3. The highest BCUT2D eigenvalue weighted by Gasteiger charge is 2.29. The number of likely N-dealkylation sites (N-methyl/N-ethyl adjacent to an activating group) is 1. The van der Waals surface area contributed by atoms with Crippen LogP contribution in [0.1, 0.15) is 89.8 Å². The zero-order valence-corrected chi connectivity index (χ0v) is 33.1. The van der Waals surface area contributed by atoms with Gasteiger partial charge < -0.3 is 45.8 Å². The Kier molecular flexibility index (Phi) is 16.9. The van der Waals surface area contributed by atoms with E-state index in [2.05, 4.69) is 16.0 Å². The Morgan fingerprint density at radius 3 is 2.30 bits per heavy atom. The molecule has 0 saturated heterocycles. The van der Waals surface area contributed by atoms with E-state index < -0.39 is 11.7 Å². The van der Waals surface area contributed by atoms with E-state index in [1.807, 2.05) is 76.2 Å². The number of unbranched alkanes of at least 4 members (excludes halogenated alkanes) is 1. The summed E-state index contributed by atoms with van der Waals surface area (Å²) in [5, 5.41) is 10.1. The number of fused-ring (bicyclic) bond motifs is 2. The van der Waals surface area contributed by atoms with Gasteiger partial charge in [-0.25, -0.2) is 10.6 Å².